The minimum absolute atomic E-state index is 0.00738. The average molecular weight is 418 g/mol. The number of thiazole rings is 1. The van der Waals surface area contributed by atoms with Gasteiger partial charge in [0.1, 0.15) is 0 Å². The van der Waals surface area contributed by atoms with Crippen molar-refractivity contribution in [1.29, 1.82) is 0 Å². The number of ether oxygens (including phenoxy) is 1. The topological polar surface area (TPSA) is 86.7 Å². The van der Waals surface area contributed by atoms with Crippen LogP contribution in [0.2, 0.25) is 0 Å². The summed E-state index contributed by atoms with van der Waals surface area (Å²) in [6.07, 6.45) is 0. The molecule has 0 spiro atoms. The number of hydrogen-bond donors (Lipinski definition) is 0. The fraction of sp³-hybridized carbons (Fsp3) is 0.263. The molecular weight excluding hydrogens is 398 g/mol. The Hall–Kier alpha value is -2.49. The molecule has 0 radical (unpaired) electrons. The van der Waals surface area contributed by atoms with Crippen LogP contribution in [0.15, 0.2) is 58.4 Å². The number of thioether (sulfide) groups is 1. The molecule has 1 amide bonds. The van der Waals surface area contributed by atoms with E-state index in [-0.39, 0.29) is 17.3 Å². The standard InChI is InChI=1S/C19H19N3O4S2/c1-2-26-11-10-21-16-12-14(22(24)25)8-9-17(16)28-19(21)20-18(23)13-27-15-6-4-3-5-7-15/h3-9,12H,2,10-11,13H2,1H3. The highest BCUT2D eigenvalue weighted by molar-refractivity contribution is 8.00. The van der Waals surface area contributed by atoms with Crippen molar-refractivity contribution >= 4 is 44.9 Å². The van der Waals surface area contributed by atoms with E-state index in [9.17, 15) is 14.9 Å². The first-order valence-electron chi connectivity index (χ1n) is 8.69. The van der Waals surface area contributed by atoms with E-state index in [1.807, 2.05) is 41.8 Å². The molecule has 0 aliphatic heterocycles. The molecule has 2 aromatic carbocycles. The molecule has 3 rings (SSSR count). The Bertz CT molecular complexity index is 1040. The maximum Gasteiger partial charge on any atom is 0.271 e. The largest absolute Gasteiger partial charge is 0.380 e. The van der Waals surface area contributed by atoms with Gasteiger partial charge < -0.3 is 9.30 Å². The van der Waals surface area contributed by atoms with E-state index in [0.29, 0.717) is 30.1 Å². The van der Waals surface area contributed by atoms with E-state index < -0.39 is 4.92 Å². The summed E-state index contributed by atoms with van der Waals surface area (Å²) in [6, 6.07) is 14.3. The van der Waals surface area contributed by atoms with Gasteiger partial charge in [-0.15, -0.1) is 11.8 Å². The van der Waals surface area contributed by atoms with Crippen molar-refractivity contribution in [2.75, 3.05) is 19.0 Å². The molecule has 3 aromatic rings. The third-order valence-electron chi connectivity index (χ3n) is 3.87. The monoisotopic (exact) mass is 417 g/mol. The second-order valence-corrected chi connectivity index (χ2v) is 7.81. The van der Waals surface area contributed by atoms with Crippen LogP contribution in [0, 0.1) is 10.1 Å². The fourth-order valence-electron chi connectivity index (χ4n) is 2.57. The van der Waals surface area contributed by atoms with E-state index >= 15 is 0 Å². The van der Waals surface area contributed by atoms with Crippen LogP contribution < -0.4 is 4.80 Å². The first kappa shape index (κ1) is 20.2. The molecule has 0 N–H and O–H groups in total. The first-order valence-corrected chi connectivity index (χ1v) is 10.5. The van der Waals surface area contributed by atoms with Gasteiger partial charge in [0.05, 0.1) is 27.5 Å². The molecule has 0 atom stereocenters. The van der Waals surface area contributed by atoms with Crippen molar-refractivity contribution in [3.05, 3.63) is 63.4 Å². The minimum atomic E-state index is -0.428. The molecule has 7 nitrogen and oxygen atoms in total. The number of non-ortho nitro benzene ring substituents is 1. The molecule has 1 heterocycles. The molecule has 146 valence electrons. The van der Waals surface area contributed by atoms with Crippen LogP contribution in [0.3, 0.4) is 0 Å². The van der Waals surface area contributed by atoms with Crippen LogP contribution in [0.5, 0.6) is 0 Å². The molecule has 0 saturated carbocycles. The predicted molar refractivity (Wildman–Crippen MR) is 111 cm³/mol. The summed E-state index contributed by atoms with van der Waals surface area (Å²) >= 11 is 2.77. The van der Waals surface area contributed by atoms with E-state index in [2.05, 4.69) is 4.99 Å². The molecular formula is C19H19N3O4S2. The number of nitro groups is 1. The number of aromatic nitrogens is 1. The van der Waals surface area contributed by atoms with Gasteiger partial charge in [-0.2, -0.15) is 4.99 Å². The Balaban J connectivity index is 1.91. The lowest BCUT2D eigenvalue weighted by molar-refractivity contribution is -0.384. The van der Waals surface area contributed by atoms with Crippen molar-refractivity contribution in [2.24, 2.45) is 4.99 Å². The second-order valence-electron chi connectivity index (χ2n) is 5.75. The van der Waals surface area contributed by atoms with Crippen molar-refractivity contribution in [1.82, 2.24) is 4.57 Å². The maximum absolute atomic E-state index is 12.4. The summed E-state index contributed by atoms with van der Waals surface area (Å²) < 4.78 is 8.07. The first-order chi connectivity index (χ1) is 13.6. The fourth-order valence-corrected chi connectivity index (χ4v) is 4.33. The molecule has 0 fully saturated rings. The van der Waals surface area contributed by atoms with E-state index in [1.54, 1.807) is 6.07 Å². The second kappa shape index (κ2) is 9.63. The van der Waals surface area contributed by atoms with E-state index in [4.69, 9.17) is 4.74 Å². The van der Waals surface area contributed by atoms with E-state index in [1.165, 1.54) is 35.2 Å². The molecule has 0 aliphatic rings. The maximum atomic E-state index is 12.4. The van der Waals surface area contributed by atoms with Gasteiger partial charge in [-0.25, -0.2) is 0 Å². The molecule has 0 unspecified atom stereocenters. The van der Waals surface area contributed by atoms with Crippen LogP contribution in [0.1, 0.15) is 6.92 Å². The zero-order chi connectivity index (χ0) is 19.9. The Morgan fingerprint density at radius 1 is 1.29 bits per heavy atom. The number of nitrogens with zero attached hydrogens (tertiary/aromatic N) is 3. The smallest absolute Gasteiger partial charge is 0.271 e. The van der Waals surface area contributed by atoms with Gasteiger partial charge in [-0.05, 0) is 25.1 Å². The number of amides is 1. The molecule has 0 aliphatic carbocycles. The van der Waals surface area contributed by atoms with Crippen LogP contribution >= 0.6 is 23.1 Å². The third kappa shape index (κ3) is 5.06. The highest BCUT2D eigenvalue weighted by atomic mass is 32.2. The summed E-state index contributed by atoms with van der Waals surface area (Å²) in [6.45, 7) is 3.37. The summed E-state index contributed by atoms with van der Waals surface area (Å²) in [5.74, 6) is -0.0239. The van der Waals surface area contributed by atoms with Crippen molar-refractivity contribution < 1.29 is 14.5 Å². The third-order valence-corrected chi connectivity index (χ3v) is 5.92. The average Bonchev–Trinajstić information content (AvgIpc) is 3.03. The summed E-state index contributed by atoms with van der Waals surface area (Å²) in [5.41, 5.74) is 0.689. The zero-order valence-corrected chi connectivity index (χ0v) is 16.9. The molecule has 28 heavy (non-hydrogen) atoms. The van der Waals surface area contributed by atoms with Crippen LogP contribution in [-0.4, -0.2) is 34.4 Å². The van der Waals surface area contributed by atoms with Gasteiger partial charge in [0.2, 0.25) is 0 Å². The highest BCUT2D eigenvalue weighted by Gasteiger charge is 2.13. The van der Waals surface area contributed by atoms with Crippen molar-refractivity contribution in [3.8, 4) is 0 Å². The number of rotatable bonds is 8. The highest BCUT2D eigenvalue weighted by Crippen LogP contribution is 2.23. The molecule has 0 bridgehead atoms. The summed E-state index contributed by atoms with van der Waals surface area (Å²) in [7, 11) is 0. The van der Waals surface area contributed by atoms with Gasteiger partial charge in [0.25, 0.3) is 11.6 Å². The molecule has 1 aromatic heterocycles. The lowest BCUT2D eigenvalue weighted by atomic mass is 10.3. The van der Waals surface area contributed by atoms with Gasteiger partial charge in [-0.1, -0.05) is 29.5 Å². The number of carbonyl (C=O) groups excluding carboxylic acids is 1. The lowest BCUT2D eigenvalue weighted by Gasteiger charge is -2.05. The number of benzene rings is 2. The SMILES string of the molecule is CCOCCn1c(=NC(=O)CSc2ccccc2)sc2ccc([N+](=O)[O-])cc21. The molecule has 0 saturated heterocycles. The van der Waals surface area contributed by atoms with E-state index in [0.717, 1.165) is 9.60 Å². The number of fused-ring (bicyclic) bond motifs is 1. The van der Waals surface area contributed by atoms with Gasteiger partial charge in [0.15, 0.2) is 4.80 Å². The molecule has 9 heteroatoms. The van der Waals surface area contributed by atoms with Gasteiger partial charge in [0, 0.05) is 30.2 Å². The van der Waals surface area contributed by atoms with Gasteiger partial charge >= 0.3 is 0 Å². The quantitative estimate of drug-likeness (QED) is 0.240. The summed E-state index contributed by atoms with van der Waals surface area (Å²) in [5, 5.41) is 11.1. The zero-order valence-electron chi connectivity index (χ0n) is 15.2. The minimum Gasteiger partial charge on any atom is -0.380 e. The van der Waals surface area contributed by atoms with Gasteiger partial charge in [-0.3, -0.25) is 14.9 Å². The normalized spacial score (nSPS) is 11.8. The Kier molecular flexibility index (Phi) is 6.96. The Morgan fingerprint density at radius 3 is 2.79 bits per heavy atom. The number of hydrogen-bond acceptors (Lipinski definition) is 6. The van der Waals surface area contributed by atoms with Crippen molar-refractivity contribution in [3.63, 3.8) is 0 Å². The number of carbonyl (C=O) groups is 1. The van der Waals surface area contributed by atoms with Crippen molar-refractivity contribution in [2.45, 2.75) is 18.4 Å². The van der Waals surface area contributed by atoms with Crippen LogP contribution in [0.25, 0.3) is 10.2 Å². The lowest BCUT2D eigenvalue weighted by Crippen LogP contribution is -2.20. The Morgan fingerprint density at radius 2 is 2.07 bits per heavy atom. The Labute approximate surface area is 169 Å². The summed E-state index contributed by atoms with van der Waals surface area (Å²) in [4.78, 5) is 28.9. The van der Waals surface area contributed by atoms with Crippen LogP contribution in [-0.2, 0) is 16.1 Å². The predicted octanol–water partition coefficient (Wildman–Crippen LogP) is 3.87. The number of nitro benzene ring substituents is 1. The van der Waals surface area contributed by atoms with Crippen LogP contribution in [0.4, 0.5) is 5.69 Å².